The van der Waals surface area contributed by atoms with Crippen LogP contribution in [0.15, 0.2) is 12.1 Å². The van der Waals surface area contributed by atoms with Gasteiger partial charge in [-0.25, -0.2) is 4.39 Å². The van der Waals surface area contributed by atoms with Crippen LogP contribution in [0.25, 0.3) is 0 Å². The van der Waals surface area contributed by atoms with Gasteiger partial charge in [-0.05, 0) is 6.92 Å². The quantitative estimate of drug-likeness (QED) is 0.754. The second-order valence-electron chi connectivity index (χ2n) is 2.35. The van der Waals surface area contributed by atoms with E-state index in [0.717, 1.165) is 0 Å². The number of hydrogen-bond donors (Lipinski definition) is 0. The van der Waals surface area contributed by atoms with E-state index < -0.39 is 5.82 Å². The van der Waals surface area contributed by atoms with Crippen LogP contribution >= 0.6 is 11.6 Å². The van der Waals surface area contributed by atoms with Crippen molar-refractivity contribution < 1.29 is 13.9 Å². The average Bonchev–Trinajstić information content (AvgIpc) is 2.10. The van der Waals surface area contributed by atoms with Crippen LogP contribution in [0, 0.1) is 5.82 Å². The second kappa shape index (κ2) is 4.33. The highest BCUT2D eigenvalue weighted by Crippen LogP contribution is 2.31. The Labute approximate surface area is 81.2 Å². The van der Waals surface area contributed by atoms with E-state index in [1.165, 1.54) is 19.2 Å². The number of methoxy groups -OCH3 is 1. The largest absolute Gasteiger partial charge is 0.495 e. The molecular formula is C9H10ClFO2. The highest BCUT2D eigenvalue weighted by atomic mass is 35.5. The van der Waals surface area contributed by atoms with Gasteiger partial charge in [-0.3, -0.25) is 0 Å². The molecule has 1 aromatic carbocycles. The lowest BCUT2D eigenvalue weighted by atomic mass is 10.3. The maximum Gasteiger partial charge on any atom is 0.166 e. The zero-order chi connectivity index (χ0) is 9.84. The molecule has 1 rings (SSSR count). The first-order chi connectivity index (χ1) is 6.19. The van der Waals surface area contributed by atoms with Gasteiger partial charge >= 0.3 is 0 Å². The predicted octanol–water partition coefficient (Wildman–Crippen LogP) is 2.89. The number of ether oxygens (including phenoxy) is 2. The lowest BCUT2D eigenvalue weighted by molar-refractivity contribution is 0.317. The first-order valence-electron chi connectivity index (χ1n) is 3.84. The Balaban J connectivity index is 3.06. The minimum atomic E-state index is -0.479. The van der Waals surface area contributed by atoms with E-state index >= 15 is 0 Å². The Kier molecular flexibility index (Phi) is 3.37. The summed E-state index contributed by atoms with van der Waals surface area (Å²) < 4.78 is 23.0. The zero-order valence-electron chi connectivity index (χ0n) is 7.43. The van der Waals surface area contributed by atoms with Crippen LogP contribution in [-0.4, -0.2) is 13.7 Å². The monoisotopic (exact) mass is 204 g/mol. The molecule has 0 radical (unpaired) electrons. The first-order valence-corrected chi connectivity index (χ1v) is 4.22. The summed E-state index contributed by atoms with van der Waals surface area (Å²) in [5, 5.41) is 0.239. The molecule has 0 aliphatic heterocycles. The van der Waals surface area contributed by atoms with Gasteiger partial charge < -0.3 is 9.47 Å². The van der Waals surface area contributed by atoms with Gasteiger partial charge in [-0.2, -0.15) is 0 Å². The fourth-order valence-electron chi connectivity index (χ4n) is 0.933. The summed E-state index contributed by atoms with van der Waals surface area (Å²) in [4.78, 5) is 0. The van der Waals surface area contributed by atoms with Crippen LogP contribution < -0.4 is 9.47 Å². The predicted molar refractivity (Wildman–Crippen MR) is 49.1 cm³/mol. The molecule has 0 aliphatic carbocycles. The molecule has 0 aliphatic rings. The molecule has 0 aromatic heterocycles. The molecule has 0 heterocycles. The van der Waals surface area contributed by atoms with E-state index in [9.17, 15) is 4.39 Å². The van der Waals surface area contributed by atoms with Crippen molar-refractivity contribution >= 4 is 11.6 Å². The van der Waals surface area contributed by atoms with Crippen molar-refractivity contribution in [2.75, 3.05) is 13.7 Å². The summed E-state index contributed by atoms with van der Waals surface area (Å²) in [5.74, 6) is 0.0860. The lowest BCUT2D eigenvalue weighted by Crippen LogP contribution is -1.95. The molecule has 0 atom stereocenters. The van der Waals surface area contributed by atoms with E-state index in [4.69, 9.17) is 21.1 Å². The molecule has 0 unspecified atom stereocenters. The fraction of sp³-hybridized carbons (Fsp3) is 0.333. The SMILES string of the molecule is CCOc1cc(OC)c(Cl)cc1F. The normalized spacial score (nSPS) is 9.85. The van der Waals surface area contributed by atoms with Gasteiger partial charge in [-0.15, -0.1) is 0 Å². The molecule has 4 heteroatoms. The van der Waals surface area contributed by atoms with Gasteiger partial charge in [0.2, 0.25) is 0 Å². The van der Waals surface area contributed by atoms with Gasteiger partial charge in [0.1, 0.15) is 5.75 Å². The van der Waals surface area contributed by atoms with Gasteiger partial charge in [0.15, 0.2) is 11.6 Å². The minimum Gasteiger partial charge on any atom is -0.495 e. The Morgan fingerprint density at radius 1 is 1.38 bits per heavy atom. The molecule has 2 nitrogen and oxygen atoms in total. The summed E-state index contributed by atoms with van der Waals surface area (Å²) in [6.45, 7) is 2.18. The first kappa shape index (κ1) is 10.1. The minimum absolute atomic E-state index is 0.156. The van der Waals surface area contributed by atoms with Crippen LogP contribution in [0.5, 0.6) is 11.5 Å². The highest BCUT2D eigenvalue weighted by Gasteiger charge is 2.09. The molecule has 0 saturated carbocycles. The van der Waals surface area contributed by atoms with Crippen molar-refractivity contribution in [3.8, 4) is 11.5 Å². The molecule has 13 heavy (non-hydrogen) atoms. The standard InChI is InChI=1S/C9H10ClFO2/c1-3-13-9-5-8(12-2)6(10)4-7(9)11/h4-5H,3H2,1-2H3. The van der Waals surface area contributed by atoms with Crippen LogP contribution in [0.3, 0.4) is 0 Å². The number of hydrogen-bond acceptors (Lipinski definition) is 2. The van der Waals surface area contributed by atoms with Gasteiger partial charge in [0.25, 0.3) is 0 Å². The Morgan fingerprint density at radius 2 is 2.08 bits per heavy atom. The van der Waals surface area contributed by atoms with Crippen molar-refractivity contribution in [2.45, 2.75) is 6.92 Å². The highest BCUT2D eigenvalue weighted by molar-refractivity contribution is 6.32. The summed E-state index contributed by atoms with van der Waals surface area (Å²) >= 11 is 5.68. The fourth-order valence-corrected chi connectivity index (χ4v) is 1.16. The third-order valence-electron chi connectivity index (χ3n) is 1.51. The maximum atomic E-state index is 13.1. The number of halogens is 2. The van der Waals surface area contributed by atoms with Gasteiger partial charge in [-0.1, -0.05) is 11.6 Å². The van der Waals surface area contributed by atoms with Crippen molar-refractivity contribution in [1.29, 1.82) is 0 Å². The van der Waals surface area contributed by atoms with E-state index in [1.807, 2.05) is 0 Å². The van der Waals surface area contributed by atoms with Gasteiger partial charge in [0.05, 0.1) is 18.7 Å². The van der Waals surface area contributed by atoms with E-state index in [2.05, 4.69) is 0 Å². The third-order valence-corrected chi connectivity index (χ3v) is 1.80. The van der Waals surface area contributed by atoms with E-state index in [-0.39, 0.29) is 10.8 Å². The summed E-state index contributed by atoms with van der Waals surface area (Å²) in [6.07, 6.45) is 0. The molecule has 0 fully saturated rings. The summed E-state index contributed by atoms with van der Waals surface area (Å²) in [7, 11) is 1.47. The Hall–Kier alpha value is -0.960. The molecule has 0 bridgehead atoms. The average molecular weight is 205 g/mol. The smallest absolute Gasteiger partial charge is 0.166 e. The van der Waals surface area contributed by atoms with Gasteiger partial charge in [0, 0.05) is 12.1 Å². The summed E-state index contributed by atoms with van der Waals surface area (Å²) in [6, 6.07) is 2.60. The molecule has 1 aromatic rings. The van der Waals surface area contributed by atoms with Crippen LogP contribution in [0.4, 0.5) is 4.39 Å². The second-order valence-corrected chi connectivity index (χ2v) is 2.76. The van der Waals surface area contributed by atoms with E-state index in [0.29, 0.717) is 12.4 Å². The molecule has 0 amide bonds. The molecule has 0 N–H and O–H groups in total. The van der Waals surface area contributed by atoms with Crippen LogP contribution in [0.1, 0.15) is 6.92 Å². The molecule has 0 spiro atoms. The van der Waals surface area contributed by atoms with Crippen molar-refractivity contribution in [3.63, 3.8) is 0 Å². The Morgan fingerprint density at radius 3 is 2.62 bits per heavy atom. The van der Waals surface area contributed by atoms with E-state index in [1.54, 1.807) is 6.92 Å². The lowest BCUT2D eigenvalue weighted by Gasteiger charge is -2.08. The molecule has 0 saturated heterocycles. The summed E-state index contributed by atoms with van der Waals surface area (Å²) in [5.41, 5.74) is 0. The maximum absolute atomic E-state index is 13.1. The Bertz CT molecular complexity index is 302. The number of rotatable bonds is 3. The van der Waals surface area contributed by atoms with Crippen molar-refractivity contribution in [2.24, 2.45) is 0 Å². The number of benzene rings is 1. The zero-order valence-corrected chi connectivity index (χ0v) is 8.19. The van der Waals surface area contributed by atoms with Crippen LogP contribution in [-0.2, 0) is 0 Å². The topological polar surface area (TPSA) is 18.5 Å². The third kappa shape index (κ3) is 2.25. The van der Waals surface area contributed by atoms with Crippen molar-refractivity contribution in [1.82, 2.24) is 0 Å². The molecular weight excluding hydrogens is 195 g/mol. The molecule has 72 valence electrons. The van der Waals surface area contributed by atoms with Crippen molar-refractivity contribution in [3.05, 3.63) is 23.0 Å². The van der Waals surface area contributed by atoms with Crippen LogP contribution in [0.2, 0.25) is 5.02 Å².